The molecule has 2 aromatic rings. The number of hydrogen-bond donors (Lipinski definition) is 2. The third-order valence-corrected chi connectivity index (χ3v) is 4.02. The maximum atomic E-state index is 12.3. The van der Waals surface area contributed by atoms with E-state index in [0.29, 0.717) is 5.69 Å². The predicted molar refractivity (Wildman–Crippen MR) is 77.2 cm³/mol. The molecule has 0 saturated heterocycles. The van der Waals surface area contributed by atoms with E-state index in [1.165, 1.54) is 25.3 Å². The minimum atomic E-state index is -3.78. The molecule has 1 heterocycles. The quantitative estimate of drug-likeness (QED) is 0.838. The molecular weight excluding hydrogens is 278 g/mol. The van der Waals surface area contributed by atoms with Crippen molar-refractivity contribution in [1.29, 1.82) is 0 Å². The van der Waals surface area contributed by atoms with Gasteiger partial charge in [-0.1, -0.05) is 6.07 Å². The van der Waals surface area contributed by atoms with Gasteiger partial charge in [-0.05, 0) is 30.7 Å². The zero-order valence-electron chi connectivity index (χ0n) is 11.1. The summed E-state index contributed by atoms with van der Waals surface area (Å²) >= 11 is 0. The van der Waals surface area contributed by atoms with Crippen LogP contribution in [0.15, 0.2) is 41.4 Å². The van der Waals surface area contributed by atoms with Crippen LogP contribution in [0.5, 0.6) is 5.75 Å². The second-order valence-electron chi connectivity index (χ2n) is 4.24. The van der Waals surface area contributed by atoms with Crippen LogP contribution in [0.2, 0.25) is 0 Å². The van der Waals surface area contributed by atoms with Gasteiger partial charge in [-0.25, -0.2) is 13.4 Å². The summed E-state index contributed by atoms with van der Waals surface area (Å²) in [5, 5.41) is 0. The Morgan fingerprint density at radius 3 is 2.60 bits per heavy atom. The lowest BCUT2D eigenvalue weighted by molar-refractivity contribution is 0.403. The summed E-state index contributed by atoms with van der Waals surface area (Å²) in [6, 6.07) is 7.71. The number of sulfonamides is 1. The first-order valence-corrected chi connectivity index (χ1v) is 7.29. The number of anilines is 2. The maximum Gasteiger partial charge on any atom is 0.266 e. The fraction of sp³-hybridized carbons (Fsp3) is 0.154. The molecule has 2 rings (SSSR count). The second kappa shape index (κ2) is 5.38. The van der Waals surface area contributed by atoms with Gasteiger partial charge in [0.2, 0.25) is 0 Å². The molecule has 3 N–H and O–H groups in total. The first kappa shape index (κ1) is 14.1. The van der Waals surface area contributed by atoms with Crippen molar-refractivity contribution in [3.05, 3.63) is 42.1 Å². The lowest BCUT2D eigenvalue weighted by Crippen LogP contribution is -2.15. The highest BCUT2D eigenvalue weighted by molar-refractivity contribution is 7.92. The molecule has 1 aromatic heterocycles. The Balaban J connectivity index is 2.38. The van der Waals surface area contributed by atoms with E-state index in [1.807, 2.05) is 6.92 Å². The first-order valence-electron chi connectivity index (χ1n) is 5.81. The molecule has 20 heavy (non-hydrogen) atoms. The van der Waals surface area contributed by atoms with Crippen molar-refractivity contribution < 1.29 is 13.2 Å². The monoisotopic (exact) mass is 293 g/mol. The summed E-state index contributed by atoms with van der Waals surface area (Å²) in [5.41, 5.74) is 6.98. The van der Waals surface area contributed by atoms with Crippen LogP contribution in [0.1, 0.15) is 5.56 Å². The summed E-state index contributed by atoms with van der Waals surface area (Å²) in [6.45, 7) is 1.87. The first-order chi connectivity index (χ1) is 9.42. The van der Waals surface area contributed by atoms with E-state index < -0.39 is 10.0 Å². The van der Waals surface area contributed by atoms with Crippen LogP contribution >= 0.6 is 0 Å². The van der Waals surface area contributed by atoms with E-state index in [9.17, 15) is 8.42 Å². The third-order valence-electron chi connectivity index (χ3n) is 2.63. The number of nitrogens with two attached hydrogens (primary N) is 1. The molecule has 0 amide bonds. The van der Waals surface area contributed by atoms with Crippen LogP contribution < -0.4 is 15.2 Å². The molecule has 6 nitrogen and oxygen atoms in total. The molecule has 0 aliphatic carbocycles. The van der Waals surface area contributed by atoms with Crippen molar-refractivity contribution >= 4 is 21.5 Å². The highest BCUT2D eigenvalue weighted by Crippen LogP contribution is 2.27. The molecule has 0 bridgehead atoms. The Morgan fingerprint density at radius 2 is 2.00 bits per heavy atom. The zero-order valence-corrected chi connectivity index (χ0v) is 11.9. The highest BCUT2D eigenvalue weighted by atomic mass is 32.2. The number of benzene rings is 1. The predicted octanol–water partition coefficient (Wildman–Crippen LogP) is 1.78. The number of aryl methyl sites for hydroxylation is 1. The topological polar surface area (TPSA) is 94.3 Å². The van der Waals surface area contributed by atoms with Gasteiger partial charge in [-0.15, -0.1) is 0 Å². The number of methoxy groups -OCH3 is 1. The maximum absolute atomic E-state index is 12.3. The van der Waals surface area contributed by atoms with Crippen LogP contribution in [0.25, 0.3) is 0 Å². The third kappa shape index (κ3) is 3.00. The zero-order chi connectivity index (χ0) is 14.8. The number of nitrogen functional groups attached to an aromatic ring is 1. The van der Waals surface area contributed by atoms with E-state index >= 15 is 0 Å². The van der Waals surface area contributed by atoms with E-state index in [4.69, 9.17) is 10.5 Å². The van der Waals surface area contributed by atoms with E-state index in [2.05, 4.69) is 9.71 Å². The van der Waals surface area contributed by atoms with Crippen molar-refractivity contribution in [3.8, 4) is 5.75 Å². The Hall–Kier alpha value is -2.28. The van der Waals surface area contributed by atoms with Gasteiger partial charge in [0.25, 0.3) is 10.0 Å². The summed E-state index contributed by atoms with van der Waals surface area (Å²) in [6.07, 6.45) is 1.58. The number of ether oxygens (including phenoxy) is 1. The van der Waals surface area contributed by atoms with Crippen LogP contribution in [0.4, 0.5) is 11.5 Å². The summed E-state index contributed by atoms with van der Waals surface area (Å²) in [4.78, 5) is 4.02. The van der Waals surface area contributed by atoms with Gasteiger partial charge in [-0.3, -0.25) is 4.72 Å². The molecule has 1 aromatic carbocycles. The second-order valence-corrected chi connectivity index (χ2v) is 5.89. The highest BCUT2D eigenvalue weighted by Gasteiger charge is 2.20. The van der Waals surface area contributed by atoms with Gasteiger partial charge in [0.05, 0.1) is 7.11 Å². The number of nitrogens with zero attached hydrogens (tertiary/aromatic N) is 1. The molecular formula is C13H15N3O3S. The van der Waals surface area contributed by atoms with Crippen molar-refractivity contribution in [2.24, 2.45) is 0 Å². The van der Waals surface area contributed by atoms with Crippen molar-refractivity contribution in [1.82, 2.24) is 4.98 Å². The van der Waals surface area contributed by atoms with E-state index in [-0.39, 0.29) is 16.5 Å². The van der Waals surface area contributed by atoms with Crippen molar-refractivity contribution in [3.63, 3.8) is 0 Å². The van der Waals surface area contributed by atoms with Crippen molar-refractivity contribution in [2.45, 2.75) is 11.8 Å². The fourth-order valence-electron chi connectivity index (χ4n) is 1.63. The molecule has 106 valence electrons. The van der Waals surface area contributed by atoms with E-state index in [0.717, 1.165) is 5.56 Å². The van der Waals surface area contributed by atoms with Gasteiger partial charge in [0.1, 0.15) is 16.5 Å². The summed E-state index contributed by atoms with van der Waals surface area (Å²) < 4.78 is 32.1. The summed E-state index contributed by atoms with van der Waals surface area (Å²) in [5.74, 6) is 0.430. The minimum Gasteiger partial charge on any atom is -0.495 e. The Morgan fingerprint density at radius 1 is 1.25 bits per heavy atom. The van der Waals surface area contributed by atoms with Crippen LogP contribution in [0.3, 0.4) is 0 Å². The van der Waals surface area contributed by atoms with Crippen LogP contribution in [0, 0.1) is 6.92 Å². The normalized spacial score (nSPS) is 11.1. The largest absolute Gasteiger partial charge is 0.495 e. The Kier molecular flexibility index (Phi) is 3.80. The van der Waals surface area contributed by atoms with Gasteiger partial charge in [0.15, 0.2) is 0 Å². The number of nitrogens with one attached hydrogen (secondary N) is 1. The fourth-order valence-corrected chi connectivity index (χ4v) is 2.79. The lowest BCUT2D eigenvalue weighted by atomic mass is 10.3. The lowest BCUT2D eigenvalue weighted by Gasteiger charge is -2.11. The molecule has 0 fully saturated rings. The van der Waals surface area contributed by atoms with Gasteiger partial charge in [0, 0.05) is 18.0 Å². The smallest absolute Gasteiger partial charge is 0.266 e. The average molecular weight is 293 g/mol. The minimum absolute atomic E-state index is 0.0107. The Bertz CT molecular complexity index is 712. The molecule has 0 unspecified atom stereocenters. The standard InChI is InChI=1S/C13H15N3O3S/c1-9-3-6-13(15-8-9)16-20(17,18)12-5-4-10(14)7-11(12)19-2/h3-8H,14H2,1-2H3,(H,15,16). The van der Waals surface area contributed by atoms with Crippen LogP contribution in [-0.2, 0) is 10.0 Å². The molecule has 0 spiro atoms. The van der Waals surface area contributed by atoms with Gasteiger partial charge >= 0.3 is 0 Å². The molecule has 0 atom stereocenters. The number of aromatic nitrogens is 1. The average Bonchev–Trinajstić information content (AvgIpc) is 2.40. The van der Waals surface area contributed by atoms with Gasteiger partial charge in [-0.2, -0.15) is 0 Å². The number of rotatable bonds is 4. The molecule has 0 aliphatic heterocycles. The molecule has 0 aliphatic rings. The molecule has 7 heteroatoms. The van der Waals surface area contributed by atoms with Crippen molar-refractivity contribution in [2.75, 3.05) is 17.6 Å². The van der Waals surface area contributed by atoms with Gasteiger partial charge < -0.3 is 10.5 Å². The summed E-state index contributed by atoms with van der Waals surface area (Å²) in [7, 11) is -2.39. The SMILES string of the molecule is COc1cc(N)ccc1S(=O)(=O)Nc1ccc(C)cn1. The van der Waals surface area contributed by atoms with E-state index in [1.54, 1.807) is 18.3 Å². The Labute approximate surface area is 117 Å². The number of pyridine rings is 1. The molecule has 0 saturated carbocycles. The number of hydrogen-bond acceptors (Lipinski definition) is 5. The van der Waals surface area contributed by atoms with Crippen LogP contribution in [-0.4, -0.2) is 20.5 Å². The molecule has 0 radical (unpaired) electrons.